The summed E-state index contributed by atoms with van der Waals surface area (Å²) < 4.78 is 6.44. The SMILES string of the molecule is COc1cc(N2CCC(O)CC2)ccc1I. The maximum Gasteiger partial charge on any atom is 0.134 e. The average Bonchev–Trinajstić information content (AvgIpc) is 2.31. The third-order valence-corrected chi connectivity index (χ3v) is 3.86. The van der Waals surface area contributed by atoms with Crippen LogP contribution in [0.5, 0.6) is 5.75 Å². The molecule has 1 aliphatic heterocycles. The fourth-order valence-electron chi connectivity index (χ4n) is 1.97. The number of hydrogen-bond acceptors (Lipinski definition) is 3. The molecule has 1 N–H and O–H groups in total. The van der Waals surface area contributed by atoms with Gasteiger partial charge in [0, 0.05) is 24.8 Å². The minimum atomic E-state index is -0.123. The van der Waals surface area contributed by atoms with Gasteiger partial charge >= 0.3 is 0 Å². The summed E-state index contributed by atoms with van der Waals surface area (Å²) in [6, 6.07) is 6.25. The van der Waals surface area contributed by atoms with Crippen LogP contribution in [0.1, 0.15) is 12.8 Å². The van der Waals surface area contributed by atoms with Gasteiger partial charge in [0.15, 0.2) is 0 Å². The summed E-state index contributed by atoms with van der Waals surface area (Å²) in [5.74, 6) is 0.921. The molecule has 0 spiro atoms. The van der Waals surface area contributed by atoms with Gasteiger partial charge in [0.1, 0.15) is 5.75 Å². The van der Waals surface area contributed by atoms with E-state index >= 15 is 0 Å². The first kappa shape index (κ1) is 12.0. The largest absolute Gasteiger partial charge is 0.496 e. The fourth-order valence-corrected chi connectivity index (χ4v) is 2.52. The molecule has 0 amide bonds. The number of hydrogen-bond donors (Lipinski definition) is 1. The van der Waals surface area contributed by atoms with E-state index < -0.39 is 0 Å². The van der Waals surface area contributed by atoms with Gasteiger partial charge in [0.25, 0.3) is 0 Å². The molecular formula is C12H16INO2. The van der Waals surface area contributed by atoms with Gasteiger partial charge in [-0.3, -0.25) is 0 Å². The maximum absolute atomic E-state index is 9.47. The molecule has 1 aromatic rings. The molecule has 0 saturated carbocycles. The molecule has 0 radical (unpaired) electrons. The van der Waals surface area contributed by atoms with Crippen LogP contribution in [-0.4, -0.2) is 31.4 Å². The van der Waals surface area contributed by atoms with Crippen molar-refractivity contribution in [1.82, 2.24) is 0 Å². The lowest BCUT2D eigenvalue weighted by Crippen LogP contribution is -2.35. The molecule has 0 bridgehead atoms. The van der Waals surface area contributed by atoms with E-state index in [2.05, 4.69) is 45.7 Å². The molecule has 3 nitrogen and oxygen atoms in total. The number of rotatable bonds is 2. The molecule has 0 aromatic heterocycles. The first-order valence-corrected chi connectivity index (χ1v) is 6.55. The number of benzene rings is 1. The summed E-state index contributed by atoms with van der Waals surface area (Å²) in [6.07, 6.45) is 1.59. The van der Waals surface area contributed by atoms with Gasteiger partial charge in [0.05, 0.1) is 16.8 Å². The highest BCUT2D eigenvalue weighted by Gasteiger charge is 2.17. The number of aliphatic hydroxyl groups is 1. The normalized spacial score (nSPS) is 17.6. The number of piperidine rings is 1. The van der Waals surface area contributed by atoms with Crippen molar-refractivity contribution < 1.29 is 9.84 Å². The van der Waals surface area contributed by atoms with Crippen molar-refractivity contribution >= 4 is 28.3 Å². The zero-order chi connectivity index (χ0) is 11.5. The van der Waals surface area contributed by atoms with Crippen LogP contribution < -0.4 is 9.64 Å². The van der Waals surface area contributed by atoms with Crippen LogP contribution in [0.15, 0.2) is 18.2 Å². The number of anilines is 1. The number of ether oxygens (including phenoxy) is 1. The predicted molar refractivity (Wildman–Crippen MR) is 73.2 cm³/mol. The second kappa shape index (κ2) is 5.23. The third kappa shape index (κ3) is 2.60. The third-order valence-electron chi connectivity index (χ3n) is 2.96. The highest BCUT2D eigenvalue weighted by Crippen LogP contribution is 2.28. The Bertz CT molecular complexity index is 362. The van der Waals surface area contributed by atoms with Crippen molar-refractivity contribution in [2.24, 2.45) is 0 Å². The first-order chi connectivity index (χ1) is 7.70. The van der Waals surface area contributed by atoms with Crippen LogP contribution in [0.2, 0.25) is 0 Å². The Hall–Kier alpha value is -0.490. The molecule has 1 aromatic carbocycles. The van der Waals surface area contributed by atoms with E-state index in [0.717, 1.165) is 35.3 Å². The summed E-state index contributed by atoms with van der Waals surface area (Å²) in [5.41, 5.74) is 1.18. The lowest BCUT2D eigenvalue weighted by molar-refractivity contribution is 0.145. The van der Waals surface area contributed by atoms with Crippen molar-refractivity contribution in [2.45, 2.75) is 18.9 Å². The number of methoxy groups -OCH3 is 1. The molecule has 1 saturated heterocycles. The summed E-state index contributed by atoms with van der Waals surface area (Å²) >= 11 is 2.27. The topological polar surface area (TPSA) is 32.7 Å². The lowest BCUT2D eigenvalue weighted by Gasteiger charge is -2.31. The smallest absolute Gasteiger partial charge is 0.134 e. The minimum Gasteiger partial charge on any atom is -0.496 e. The standard InChI is InChI=1S/C12H16INO2/c1-16-12-8-9(2-3-11(12)13)14-6-4-10(15)5-7-14/h2-3,8,10,15H,4-7H2,1H3. The molecular weight excluding hydrogens is 317 g/mol. The van der Waals surface area contributed by atoms with Gasteiger partial charge in [-0.2, -0.15) is 0 Å². The fraction of sp³-hybridized carbons (Fsp3) is 0.500. The molecule has 16 heavy (non-hydrogen) atoms. The van der Waals surface area contributed by atoms with Crippen molar-refractivity contribution in [3.05, 3.63) is 21.8 Å². The molecule has 1 heterocycles. The minimum absolute atomic E-state index is 0.123. The molecule has 0 aliphatic carbocycles. The Morgan fingerprint density at radius 2 is 2.06 bits per heavy atom. The van der Waals surface area contributed by atoms with E-state index in [4.69, 9.17) is 4.74 Å². The maximum atomic E-state index is 9.47. The zero-order valence-electron chi connectivity index (χ0n) is 9.32. The van der Waals surface area contributed by atoms with Crippen LogP contribution in [0, 0.1) is 3.57 Å². The van der Waals surface area contributed by atoms with Crippen molar-refractivity contribution in [1.29, 1.82) is 0 Å². The van der Waals surface area contributed by atoms with Gasteiger partial charge in [-0.25, -0.2) is 0 Å². The van der Waals surface area contributed by atoms with Crippen molar-refractivity contribution in [3.63, 3.8) is 0 Å². The lowest BCUT2D eigenvalue weighted by atomic mass is 10.1. The van der Waals surface area contributed by atoms with Gasteiger partial charge in [-0.15, -0.1) is 0 Å². The van der Waals surface area contributed by atoms with E-state index in [9.17, 15) is 5.11 Å². The number of nitrogens with zero attached hydrogens (tertiary/aromatic N) is 1. The highest BCUT2D eigenvalue weighted by molar-refractivity contribution is 14.1. The Balaban J connectivity index is 2.14. The van der Waals surface area contributed by atoms with Crippen LogP contribution >= 0.6 is 22.6 Å². The van der Waals surface area contributed by atoms with Crippen LogP contribution in [0.25, 0.3) is 0 Å². The first-order valence-electron chi connectivity index (χ1n) is 5.47. The average molecular weight is 333 g/mol. The van der Waals surface area contributed by atoms with Gasteiger partial charge in [0.2, 0.25) is 0 Å². The Kier molecular flexibility index (Phi) is 3.91. The molecule has 0 unspecified atom stereocenters. The number of aliphatic hydroxyl groups excluding tert-OH is 1. The van der Waals surface area contributed by atoms with Crippen molar-refractivity contribution in [3.8, 4) is 5.75 Å². The van der Waals surface area contributed by atoms with Crippen LogP contribution in [0.3, 0.4) is 0 Å². The van der Waals surface area contributed by atoms with E-state index in [1.54, 1.807) is 7.11 Å². The molecule has 4 heteroatoms. The summed E-state index contributed by atoms with van der Waals surface area (Å²) in [6.45, 7) is 1.84. The molecule has 0 atom stereocenters. The van der Waals surface area contributed by atoms with E-state index in [1.807, 2.05) is 0 Å². The Labute approximate surface area is 110 Å². The van der Waals surface area contributed by atoms with Crippen molar-refractivity contribution in [2.75, 3.05) is 25.1 Å². The van der Waals surface area contributed by atoms with Gasteiger partial charge in [-0.05, 0) is 47.6 Å². The van der Waals surface area contributed by atoms with Crippen LogP contribution in [-0.2, 0) is 0 Å². The molecule has 1 fully saturated rings. The van der Waals surface area contributed by atoms with E-state index in [1.165, 1.54) is 5.69 Å². The summed E-state index contributed by atoms with van der Waals surface area (Å²) in [4.78, 5) is 2.30. The molecule has 88 valence electrons. The molecule has 2 rings (SSSR count). The van der Waals surface area contributed by atoms with E-state index in [-0.39, 0.29) is 6.10 Å². The van der Waals surface area contributed by atoms with Gasteiger partial charge < -0.3 is 14.7 Å². The predicted octanol–water partition coefficient (Wildman–Crippen LogP) is 2.26. The Morgan fingerprint density at radius 3 is 2.69 bits per heavy atom. The quantitative estimate of drug-likeness (QED) is 0.843. The second-order valence-corrected chi connectivity index (χ2v) is 5.20. The summed E-state index contributed by atoms with van der Waals surface area (Å²) in [7, 11) is 1.70. The van der Waals surface area contributed by atoms with Crippen LogP contribution in [0.4, 0.5) is 5.69 Å². The second-order valence-electron chi connectivity index (χ2n) is 4.04. The zero-order valence-corrected chi connectivity index (χ0v) is 11.5. The number of halogens is 1. The highest BCUT2D eigenvalue weighted by atomic mass is 127. The monoisotopic (exact) mass is 333 g/mol. The summed E-state index contributed by atoms with van der Waals surface area (Å²) in [5, 5.41) is 9.47. The Morgan fingerprint density at radius 1 is 1.38 bits per heavy atom. The van der Waals surface area contributed by atoms with E-state index in [0.29, 0.717) is 0 Å². The van der Waals surface area contributed by atoms with Gasteiger partial charge in [-0.1, -0.05) is 0 Å². The molecule has 1 aliphatic rings.